The van der Waals surface area contributed by atoms with Crippen molar-refractivity contribution < 1.29 is 4.79 Å². The Bertz CT molecular complexity index is 683. The van der Waals surface area contributed by atoms with Crippen LogP contribution in [0.15, 0.2) is 42.5 Å². The average Bonchev–Trinajstić information content (AvgIpc) is 2.43. The predicted molar refractivity (Wildman–Crippen MR) is 92.5 cm³/mol. The van der Waals surface area contributed by atoms with Crippen molar-refractivity contribution in [1.82, 2.24) is 0 Å². The van der Waals surface area contributed by atoms with E-state index in [1.54, 1.807) is 12.1 Å². The van der Waals surface area contributed by atoms with Crippen molar-refractivity contribution in [1.29, 1.82) is 0 Å². The number of ketones is 1. The molecule has 2 rings (SSSR count). The van der Waals surface area contributed by atoms with Gasteiger partial charge in [-0.25, -0.2) is 0 Å². The third-order valence-corrected chi connectivity index (χ3v) is 3.59. The van der Waals surface area contributed by atoms with Gasteiger partial charge in [0, 0.05) is 22.0 Å². The highest BCUT2D eigenvalue weighted by atomic mass is 35.5. The third kappa shape index (κ3) is 4.28. The first-order chi connectivity index (χ1) is 9.95. The van der Waals surface area contributed by atoms with Gasteiger partial charge in [0.15, 0.2) is 10.9 Å². The van der Waals surface area contributed by atoms with Crippen LogP contribution in [0.25, 0.3) is 0 Å². The molecule has 2 aromatic rings. The number of carbonyl (C=O) groups is 1. The van der Waals surface area contributed by atoms with E-state index in [4.69, 9.17) is 23.8 Å². The van der Waals surface area contributed by atoms with Gasteiger partial charge in [-0.15, -0.1) is 0 Å². The monoisotopic (exact) mass is 318 g/mol. The first-order valence-corrected chi connectivity index (χ1v) is 7.19. The number of carbonyl (C=O) groups excluding carboxylic acids is 1. The molecule has 0 unspecified atom stereocenters. The maximum Gasteiger partial charge on any atom is 0.175 e. The zero-order valence-electron chi connectivity index (χ0n) is 11.7. The Kier molecular flexibility index (Phi) is 4.94. The highest BCUT2D eigenvalue weighted by molar-refractivity contribution is 7.80. The maximum absolute atomic E-state index is 11.2. The van der Waals surface area contributed by atoms with Gasteiger partial charge in [0.25, 0.3) is 0 Å². The molecule has 0 aromatic heterocycles. The fourth-order valence-electron chi connectivity index (χ4n) is 1.75. The fraction of sp³-hybridized carbons (Fsp3) is 0.125. The minimum atomic E-state index is 0.0385. The molecule has 0 heterocycles. The summed E-state index contributed by atoms with van der Waals surface area (Å²) in [6.45, 7) is 3.48. The maximum atomic E-state index is 11.2. The number of benzene rings is 2. The van der Waals surface area contributed by atoms with Crippen LogP contribution in [-0.2, 0) is 0 Å². The van der Waals surface area contributed by atoms with Crippen LogP contribution in [0.5, 0.6) is 0 Å². The number of thiocarbonyl (C=S) groups is 1. The predicted octanol–water partition coefficient (Wildman–Crippen LogP) is 4.66. The summed E-state index contributed by atoms with van der Waals surface area (Å²) in [5, 5.41) is 7.27. The standard InChI is InChI=1S/C16H15ClN2OS/c1-10-3-6-14(9-15(10)17)19-16(21)18-13-7-4-12(5-8-13)11(2)20/h3-9H,1-2H3,(H2,18,19,21). The number of hydrogen-bond acceptors (Lipinski definition) is 2. The summed E-state index contributed by atoms with van der Waals surface area (Å²) in [6.07, 6.45) is 0. The Morgan fingerprint density at radius 1 is 1.05 bits per heavy atom. The van der Waals surface area contributed by atoms with Gasteiger partial charge in [-0.3, -0.25) is 4.79 Å². The SMILES string of the molecule is CC(=O)c1ccc(NC(=S)Nc2ccc(C)c(Cl)c2)cc1. The molecule has 0 saturated carbocycles. The molecule has 0 aliphatic carbocycles. The van der Waals surface area contributed by atoms with Crippen LogP contribution in [0.3, 0.4) is 0 Å². The molecule has 5 heteroatoms. The normalized spacial score (nSPS) is 10.0. The van der Waals surface area contributed by atoms with Crippen molar-refractivity contribution in [2.45, 2.75) is 13.8 Å². The number of halogens is 1. The number of aryl methyl sites for hydroxylation is 1. The Balaban J connectivity index is 2.01. The van der Waals surface area contributed by atoms with E-state index >= 15 is 0 Å². The van der Waals surface area contributed by atoms with Crippen LogP contribution in [0.4, 0.5) is 11.4 Å². The Morgan fingerprint density at radius 2 is 1.62 bits per heavy atom. The first-order valence-electron chi connectivity index (χ1n) is 6.41. The second-order valence-corrected chi connectivity index (χ2v) is 5.49. The zero-order valence-corrected chi connectivity index (χ0v) is 13.3. The summed E-state index contributed by atoms with van der Waals surface area (Å²) in [5.41, 5.74) is 3.32. The van der Waals surface area contributed by atoms with Crippen molar-refractivity contribution in [3.63, 3.8) is 0 Å². The minimum absolute atomic E-state index is 0.0385. The molecule has 0 bridgehead atoms. The summed E-state index contributed by atoms with van der Waals surface area (Å²) in [6, 6.07) is 12.8. The second-order valence-electron chi connectivity index (χ2n) is 4.68. The number of rotatable bonds is 3. The lowest BCUT2D eigenvalue weighted by Crippen LogP contribution is -2.19. The van der Waals surface area contributed by atoms with Gasteiger partial charge in [-0.1, -0.05) is 17.7 Å². The molecule has 21 heavy (non-hydrogen) atoms. The van der Waals surface area contributed by atoms with E-state index < -0.39 is 0 Å². The molecule has 108 valence electrons. The Hall–Kier alpha value is -1.91. The highest BCUT2D eigenvalue weighted by Gasteiger charge is 2.03. The van der Waals surface area contributed by atoms with E-state index in [0.29, 0.717) is 15.7 Å². The molecular formula is C16H15ClN2OS. The van der Waals surface area contributed by atoms with Crippen LogP contribution in [0, 0.1) is 6.92 Å². The van der Waals surface area contributed by atoms with Crippen molar-refractivity contribution in [3.8, 4) is 0 Å². The Morgan fingerprint density at radius 3 is 2.19 bits per heavy atom. The molecule has 3 nitrogen and oxygen atoms in total. The van der Waals surface area contributed by atoms with E-state index in [0.717, 1.165) is 16.9 Å². The molecule has 0 aliphatic rings. The van der Waals surface area contributed by atoms with Crippen molar-refractivity contribution in [3.05, 3.63) is 58.6 Å². The van der Waals surface area contributed by atoms with Crippen molar-refractivity contribution >= 4 is 46.1 Å². The quantitative estimate of drug-likeness (QED) is 0.638. The fourth-order valence-corrected chi connectivity index (χ4v) is 2.17. The molecular weight excluding hydrogens is 304 g/mol. The van der Waals surface area contributed by atoms with Crippen molar-refractivity contribution in [2.75, 3.05) is 10.6 Å². The summed E-state index contributed by atoms with van der Waals surface area (Å²) in [5.74, 6) is 0.0385. The van der Waals surface area contributed by atoms with Crippen LogP contribution in [0.2, 0.25) is 5.02 Å². The summed E-state index contributed by atoms with van der Waals surface area (Å²) < 4.78 is 0. The molecule has 0 atom stereocenters. The van der Waals surface area contributed by atoms with Crippen LogP contribution < -0.4 is 10.6 Å². The lowest BCUT2D eigenvalue weighted by molar-refractivity contribution is 0.101. The molecule has 0 spiro atoms. The Labute approximate surface area is 134 Å². The van der Waals surface area contributed by atoms with E-state index in [-0.39, 0.29) is 5.78 Å². The van der Waals surface area contributed by atoms with Crippen molar-refractivity contribution in [2.24, 2.45) is 0 Å². The number of hydrogen-bond donors (Lipinski definition) is 2. The number of anilines is 2. The largest absolute Gasteiger partial charge is 0.332 e. The number of Topliss-reactive ketones (excluding diaryl/α,β-unsaturated/α-hetero) is 1. The lowest BCUT2D eigenvalue weighted by Gasteiger charge is -2.11. The highest BCUT2D eigenvalue weighted by Crippen LogP contribution is 2.20. The molecule has 0 aliphatic heterocycles. The minimum Gasteiger partial charge on any atom is -0.332 e. The summed E-state index contributed by atoms with van der Waals surface area (Å²) >= 11 is 11.3. The zero-order chi connectivity index (χ0) is 15.4. The van der Waals surface area contributed by atoms with E-state index in [1.165, 1.54) is 6.92 Å². The van der Waals surface area contributed by atoms with Crippen LogP contribution in [0.1, 0.15) is 22.8 Å². The molecule has 0 radical (unpaired) electrons. The van der Waals surface area contributed by atoms with Crippen LogP contribution in [-0.4, -0.2) is 10.9 Å². The molecule has 0 fully saturated rings. The van der Waals surface area contributed by atoms with Gasteiger partial charge < -0.3 is 10.6 Å². The smallest absolute Gasteiger partial charge is 0.175 e. The third-order valence-electron chi connectivity index (χ3n) is 2.98. The second kappa shape index (κ2) is 6.70. The van der Waals surface area contributed by atoms with Gasteiger partial charge in [-0.2, -0.15) is 0 Å². The van der Waals surface area contributed by atoms with Gasteiger partial charge >= 0.3 is 0 Å². The lowest BCUT2D eigenvalue weighted by atomic mass is 10.1. The van der Waals surface area contributed by atoms with Gasteiger partial charge in [-0.05, 0) is 68.0 Å². The molecule has 2 N–H and O–H groups in total. The molecule has 0 saturated heterocycles. The summed E-state index contributed by atoms with van der Waals surface area (Å²) in [4.78, 5) is 11.2. The number of nitrogens with one attached hydrogen (secondary N) is 2. The topological polar surface area (TPSA) is 41.1 Å². The summed E-state index contributed by atoms with van der Waals surface area (Å²) in [7, 11) is 0. The van der Waals surface area contributed by atoms with Gasteiger partial charge in [0.05, 0.1) is 0 Å². The molecule has 0 amide bonds. The van der Waals surface area contributed by atoms with Crippen LogP contribution >= 0.6 is 23.8 Å². The van der Waals surface area contributed by atoms with E-state index in [9.17, 15) is 4.79 Å². The average molecular weight is 319 g/mol. The van der Waals surface area contributed by atoms with E-state index in [1.807, 2.05) is 37.3 Å². The molecule has 2 aromatic carbocycles. The van der Waals surface area contributed by atoms with Gasteiger partial charge in [0.1, 0.15) is 0 Å². The van der Waals surface area contributed by atoms with E-state index in [2.05, 4.69) is 10.6 Å². The first kappa shape index (κ1) is 15.5. The van der Waals surface area contributed by atoms with Gasteiger partial charge in [0.2, 0.25) is 0 Å².